The smallest absolute Gasteiger partial charge is 0.222 e. The van der Waals surface area contributed by atoms with Gasteiger partial charge in [0.1, 0.15) is 11.6 Å². The monoisotopic (exact) mass is 444 g/mol. The first-order valence-corrected chi connectivity index (χ1v) is 10.2. The molecule has 1 aromatic carbocycles. The lowest BCUT2D eigenvalue weighted by atomic mass is 9.92. The van der Waals surface area contributed by atoms with Crippen LogP contribution in [-0.4, -0.2) is 37.2 Å². The van der Waals surface area contributed by atoms with E-state index in [1.807, 2.05) is 37.4 Å². The van der Waals surface area contributed by atoms with Crippen LogP contribution in [0.15, 0.2) is 54.9 Å². The molecule has 33 heavy (non-hydrogen) atoms. The average Bonchev–Trinajstić information content (AvgIpc) is 3.47. The van der Waals surface area contributed by atoms with Gasteiger partial charge in [-0.3, -0.25) is 4.98 Å². The first kappa shape index (κ1) is 20.4. The lowest BCUT2D eigenvalue weighted by molar-refractivity contribution is 0.397. The topological polar surface area (TPSA) is 130 Å². The first-order valence-electron chi connectivity index (χ1n) is 10.2. The molecule has 0 aliphatic heterocycles. The van der Waals surface area contributed by atoms with Gasteiger partial charge in [0.15, 0.2) is 5.82 Å². The molecule has 1 atom stereocenters. The maximum Gasteiger partial charge on any atom is 0.222 e. The number of anilines is 3. The lowest BCUT2D eigenvalue weighted by Gasteiger charge is -2.20. The maximum atomic E-state index is 13.5. The number of nitrogen functional groups attached to an aromatic ring is 1. The number of nitrogens with one attached hydrogen (secondary N) is 3. The molecule has 0 radical (unpaired) electrons. The second-order valence-electron chi connectivity index (χ2n) is 7.54. The number of nitrogens with two attached hydrogens (primary N) is 1. The van der Waals surface area contributed by atoms with Crippen LogP contribution < -0.4 is 15.8 Å². The summed E-state index contributed by atoms with van der Waals surface area (Å²) in [5.74, 6) is 0.877. The van der Waals surface area contributed by atoms with E-state index in [0.29, 0.717) is 28.9 Å². The molecule has 0 aliphatic rings. The number of pyridine rings is 1. The number of aromatic amines is 2. The molecule has 0 amide bonds. The van der Waals surface area contributed by atoms with Crippen LogP contribution in [0.25, 0.3) is 22.2 Å². The van der Waals surface area contributed by atoms with Crippen LogP contribution in [0.2, 0.25) is 0 Å². The summed E-state index contributed by atoms with van der Waals surface area (Å²) < 4.78 is 18.7. The Balaban J connectivity index is 1.69. The summed E-state index contributed by atoms with van der Waals surface area (Å²) in [6.45, 7) is 1.96. The Morgan fingerprint density at radius 3 is 2.76 bits per heavy atom. The number of nitrogens with zero attached hydrogens (tertiary/aromatic N) is 4. The van der Waals surface area contributed by atoms with E-state index in [1.165, 1.54) is 12.3 Å². The fourth-order valence-electron chi connectivity index (χ4n) is 3.80. The van der Waals surface area contributed by atoms with E-state index in [4.69, 9.17) is 10.5 Å². The molecule has 5 N–H and O–H groups in total. The molecule has 0 saturated heterocycles. The van der Waals surface area contributed by atoms with Gasteiger partial charge >= 0.3 is 0 Å². The van der Waals surface area contributed by atoms with Gasteiger partial charge in [-0.25, -0.2) is 14.5 Å². The first-order chi connectivity index (χ1) is 16.0. The highest BCUT2D eigenvalue weighted by molar-refractivity contribution is 5.86. The Hall–Kier alpha value is -4.47. The second-order valence-corrected chi connectivity index (χ2v) is 7.54. The van der Waals surface area contributed by atoms with Crippen molar-refractivity contribution in [3.63, 3.8) is 0 Å². The van der Waals surface area contributed by atoms with E-state index in [2.05, 4.69) is 35.5 Å². The Morgan fingerprint density at radius 1 is 1.12 bits per heavy atom. The van der Waals surface area contributed by atoms with Crippen molar-refractivity contribution in [1.29, 1.82) is 0 Å². The third-order valence-electron chi connectivity index (χ3n) is 5.44. The van der Waals surface area contributed by atoms with Gasteiger partial charge in [0, 0.05) is 45.9 Å². The van der Waals surface area contributed by atoms with E-state index in [9.17, 15) is 4.39 Å². The van der Waals surface area contributed by atoms with Crippen molar-refractivity contribution < 1.29 is 9.13 Å². The highest BCUT2D eigenvalue weighted by Gasteiger charge is 2.24. The minimum Gasteiger partial charge on any atom is -0.481 e. The summed E-state index contributed by atoms with van der Waals surface area (Å²) in [5.41, 5.74) is 10.1. The number of hydrogen-bond acceptors (Lipinski definition) is 7. The van der Waals surface area contributed by atoms with Gasteiger partial charge in [-0.1, -0.05) is 13.0 Å². The van der Waals surface area contributed by atoms with Crippen molar-refractivity contribution in [2.45, 2.75) is 12.8 Å². The van der Waals surface area contributed by atoms with Crippen LogP contribution in [0.1, 0.15) is 24.1 Å². The van der Waals surface area contributed by atoms with Gasteiger partial charge in [0.2, 0.25) is 11.8 Å². The van der Waals surface area contributed by atoms with Gasteiger partial charge in [-0.05, 0) is 30.3 Å². The summed E-state index contributed by atoms with van der Waals surface area (Å²) in [7, 11) is 1.54. The van der Waals surface area contributed by atoms with Crippen molar-refractivity contribution in [2.24, 2.45) is 0 Å². The molecule has 0 bridgehead atoms. The highest BCUT2D eigenvalue weighted by Crippen LogP contribution is 2.38. The zero-order chi connectivity index (χ0) is 22.9. The van der Waals surface area contributed by atoms with Crippen molar-refractivity contribution in [2.75, 3.05) is 18.2 Å². The molecule has 166 valence electrons. The molecule has 0 fully saturated rings. The van der Waals surface area contributed by atoms with Crippen LogP contribution in [-0.2, 0) is 0 Å². The van der Waals surface area contributed by atoms with Crippen molar-refractivity contribution in [1.82, 2.24) is 30.1 Å². The number of halogens is 1. The summed E-state index contributed by atoms with van der Waals surface area (Å²) in [4.78, 5) is 16.5. The number of H-pyrrole nitrogens is 2. The van der Waals surface area contributed by atoms with Crippen LogP contribution in [0.5, 0.6) is 5.88 Å². The predicted molar refractivity (Wildman–Crippen MR) is 124 cm³/mol. The number of fused-ring (bicyclic) bond motifs is 1. The maximum absolute atomic E-state index is 13.5. The van der Waals surface area contributed by atoms with E-state index >= 15 is 0 Å². The van der Waals surface area contributed by atoms with Gasteiger partial charge in [0.05, 0.1) is 19.0 Å². The summed E-state index contributed by atoms with van der Waals surface area (Å²) in [6.07, 6.45) is 3.08. The largest absolute Gasteiger partial charge is 0.481 e. The van der Waals surface area contributed by atoms with Crippen LogP contribution in [0, 0.1) is 5.82 Å². The van der Waals surface area contributed by atoms with Crippen LogP contribution in [0.4, 0.5) is 22.0 Å². The Morgan fingerprint density at radius 2 is 2.00 bits per heavy atom. The van der Waals surface area contributed by atoms with Gasteiger partial charge in [-0.2, -0.15) is 10.1 Å². The lowest BCUT2D eigenvalue weighted by Crippen LogP contribution is -2.11. The molecule has 0 aliphatic carbocycles. The molecule has 10 heteroatoms. The molecular weight excluding hydrogens is 423 g/mol. The molecular formula is C23H21FN8O. The van der Waals surface area contributed by atoms with Crippen LogP contribution >= 0.6 is 0 Å². The number of methoxy groups -OCH3 is 1. The third kappa shape index (κ3) is 3.93. The SMILES string of the molecule is COc1cc(Nc2nc(N)nc(-c3ccc4[nH]ccc4c3)c2[C@H](C)c2ccc(F)cn2)n[nH]1. The Labute approximate surface area is 188 Å². The van der Waals surface area contributed by atoms with Gasteiger partial charge in [-0.15, -0.1) is 0 Å². The van der Waals surface area contributed by atoms with E-state index < -0.39 is 5.82 Å². The van der Waals surface area contributed by atoms with Crippen molar-refractivity contribution in [3.05, 3.63) is 71.9 Å². The van der Waals surface area contributed by atoms with Gasteiger partial charge in [0.25, 0.3) is 0 Å². The van der Waals surface area contributed by atoms with E-state index in [0.717, 1.165) is 22.0 Å². The van der Waals surface area contributed by atoms with Crippen molar-refractivity contribution >= 4 is 28.5 Å². The third-order valence-corrected chi connectivity index (χ3v) is 5.44. The standard InChI is InChI=1S/C23H21FN8O/c1-12(16-6-4-15(24)11-27-16)20-21(14-3-5-17-13(9-14)7-8-26-17)29-23(25)30-22(20)28-18-10-19(33-2)32-31-18/h3-12,26H,1-2H3,(H4,25,28,29,30,31,32)/t12-/m1/s1. The minimum atomic E-state index is -0.403. The Kier molecular flexibility index (Phi) is 5.09. The average molecular weight is 444 g/mol. The molecule has 4 heterocycles. The molecule has 0 unspecified atom stereocenters. The predicted octanol–water partition coefficient (Wildman–Crippen LogP) is 4.37. The summed E-state index contributed by atoms with van der Waals surface area (Å²) in [6, 6.07) is 12.7. The summed E-state index contributed by atoms with van der Waals surface area (Å²) in [5, 5.41) is 11.2. The van der Waals surface area contributed by atoms with Crippen LogP contribution in [0.3, 0.4) is 0 Å². The zero-order valence-corrected chi connectivity index (χ0v) is 17.9. The number of ether oxygens (including phenoxy) is 1. The molecule has 0 spiro atoms. The molecule has 9 nitrogen and oxygen atoms in total. The molecule has 4 aromatic heterocycles. The number of benzene rings is 1. The normalized spacial score (nSPS) is 12.1. The van der Waals surface area contributed by atoms with Gasteiger partial charge < -0.3 is 20.8 Å². The Bertz CT molecular complexity index is 1430. The number of rotatable bonds is 6. The molecule has 5 aromatic rings. The highest BCUT2D eigenvalue weighted by atomic mass is 19.1. The quantitative estimate of drug-likeness (QED) is 0.306. The molecule has 0 saturated carbocycles. The number of hydrogen-bond donors (Lipinski definition) is 4. The summed E-state index contributed by atoms with van der Waals surface area (Å²) >= 11 is 0. The minimum absolute atomic E-state index is 0.104. The number of aromatic nitrogens is 6. The van der Waals surface area contributed by atoms with E-state index in [-0.39, 0.29) is 11.9 Å². The van der Waals surface area contributed by atoms with E-state index in [1.54, 1.807) is 19.2 Å². The fourth-order valence-corrected chi connectivity index (χ4v) is 3.80. The fraction of sp³-hybridized carbons (Fsp3) is 0.130. The van der Waals surface area contributed by atoms with Crippen molar-refractivity contribution in [3.8, 4) is 17.1 Å². The molecule has 5 rings (SSSR count). The zero-order valence-electron chi connectivity index (χ0n) is 17.9. The second kappa shape index (κ2) is 8.23.